The monoisotopic (exact) mass is 782 g/mol. The van der Waals surface area contributed by atoms with Crippen LogP contribution in [0.2, 0.25) is 0 Å². The molecule has 0 spiro atoms. The molecule has 0 fully saturated rings. The third-order valence-corrected chi connectivity index (χ3v) is 8.77. The van der Waals surface area contributed by atoms with Crippen LogP contribution in [0.3, 0.4) is 0 Å². The van der Waals surface area contributed by atoms with Crippen LogP contribution in [-0.4, -0.2) is 47.4 Å². The molecular weight excluding hydrogens is 738 g/mol. The SMILES string of the molecule is COc1ccc(N(CCc2ccc(C(F)(F)F)cc2)C(=O)Cc2ccc(C)cc2)cc1OC.COc1ccc(NCCc2ccc(C(F)(F)F)cc2)cc1OC. The number of aryl methyl sites for hydroxylation is 1. The number of ether oxygens (including phenoxy) is 4. The second-order valence-electron chi connectivity index (χ2n) is 12.6. The summed E-state index contributed by atoms with van der Waals surface area (Å²) in [4.78, 5) is 14.9. The van der Waals surface area contributed by atoms with E-state index >= 15 is 0 Å². The highest BCUT2D eigenvalue weighted by atomic mass is 19.4. The molecule has 0 aromatic heterocycles. The summed E-state index contributed by atoms with van der Waals surface area (Å²) in [6.45, 7) is 2.87. The van der Waals surface area contributed by atoms with Crippen LogP contribution < -0.4 is 29.2 Å². The highest BCUT2D eigenvalue weighted by Crippen LogP contribution is 2.33. The van der Waals surface area contributed by atoms with Gasteiger partial charge in [-0.2, -0.15) is 26.3 Å². The third-order valence-electron chi connectivity index (χ3n) is 8.77. The fraction of sp³-hybridized carbons (Fsp3) is 0.279. The van der Waals surface area contributed by atoms with E-state index in [1.165, 1.54) is 38.5 Å². The molecule has 7 nitrogen and oxygen atoms in total. The zero-order valence-corrected chi connectivity index (χ0v) is 31.7. The van der Waals surface area contributed by atoms with Gasteiger partial charge < -0.3 is 29.2 Å². The molecule has 1 amide bonds. The minimum atomic E-state index is -4.38. The number of halogens is 6. The van der Waals surface area contributed by atoms with E-state index in [0.29, 0.717) is 60.2 Å². The summed E-state index contributed by atoms with van der Waals surface area (Å²) < 4.78 is 97.1. The molecule has 0 bridgehead atoms. The predicted octanol–water partition coefficient (Wildman–Crippen LogP) is 10.2. The van der Waals surface area contributed by atoms with Crippen molar-refractivity contribution in [1.82, 2.24) is 0 Å². The van der Waals surface area contributed by atoms with Gasteiger partial charge >= 0.3 is 12.4 Å². The summed E-state index contributed by atoms with van der Waals surface area (Å²) in [5.74, 6) is 2.15. The van der Waals surface area contributed by atoms with Gasteiger partial charge in [-0.05, 0) is 85.0 Å². The Labute approximate surface area is 322 Å². The molecule has 0 unspecified atom stereocenters. The molecule has 0 saturated carbocycles. The number of carbonyl (C=O) groups is 1. The molecule has 5 rings (SSSR count). The van der Waals surface area contributed by atoms with Crippen LogP contribution in [0.4, 0.5) is 37.7 Å². The Hall–Kier alpha value is -5.85. The summed E-state index contributed by atoms with van der Waals surface area (Å²) in [5, 5.41) is 3.21. The van der Waals surface area contributed by atoms with Crippen molar-refractivity contribution in [3.8, 4) is 23.0 Å². The number of amides is 1. The predicted molar refractivity (Wildman–Crippen MR) is 205 cm³/mol. The molecule has 5 aromatic rings. The summed E-state index contributed by atoms with van der Waals surface area (Å²) in [7, 11) is 6.17. The number of rotatable bonds is 14. The summed E-state index contributed by atoms with van der Waals surface area (Å²) in [6, 6.07) is 28.6. The Morgan fingerprint density at radius 1 is 0.571 bits per heavy atom. The topological polar surface area (TPSA) is 69.3 Å². The number of anilines is 2. The van der Waals surface area contributed by atoms with Crippen molar-refractivity contribution < 1.29 is 50.1 Å². The Kier molecular flexibility index (Phi) is 15.0. The number of hydrogen-bond donors (Lipinski definition) is 1. The Bertz CT molecular complexity index is 2000. The molecule has 0 heterocycles. The standard InChI is InChI=1S/C26H26F3NO3.C17H18F3NO2/c1-18-4-6-20(7-5-18)16-25(31)30(22-12-13-23(32-2)24(17-22)33-3)15-14-19-8-10-21(11-9-19)26(27,28)29;1-22-15-8-7-14(11-16(15)23-2)21-10-9-12-3-5-13(6-4-12)17(18,19)20/h4-13,17H,14-16H2,1-3H3;3-8,11,21H,9-10H2,1-2H3. The van der Waals surface area contributed by atoms with E-state index in [1.807, 2.05) is 43.3 Å². The van der Waals surface area contributed by atoms with Gasteiger partial charge in [-0.1, -0.05) is 54.1 Å². The maximum atomic E-state index is 13.3. The summed E-state index contributed by atoms with van der Waals surface area (Å²) in [5.41, 5.74) is 3.68. The lowest BCUT2D eigenvalue weighted by molar-refractivity contribution is -0.138. The summed E-state index contributed by atoms with van der Waals surface area (Å²) in [6.07, 6.45) is -7.47. The van der Waals surface area contributed by atoms with Crippen LogP contribution in [0.25, 0.3) is 0 Å². The first-order chi connectivity index (χ1) is 26.6. The number of methoxy groups -OCH3 is 4. The van der Waals surface area contributed by atoms with Crippen molar-refractivity contribution in [3.63, 3.8) is 0 Å². The second-order valence-corrected chi connectivity index (χ2v) is 12.6. The zero-order valence-electron chi connectivity index (χ0n) is 31.7. The minimum absolute atomic E-state index is 0.127. The highest BCUT2D eigenvalue weighted by molar-refractivity contribution is 5.95. The average molecular weight is 783 g/mol. The van der Waals surface area contributed by atoms with Crippen LogP contribution in [0.5, 0.6) is 23.0 Å². The Balaban J connectivity index is 0.000000265. The molecular formula is C43H44F6N2O5. The van der Waals surface area contributed by atoms with E-state index in [-0.39, 0.29) is 12.3 Å². The van der Waals surface area contributed by atoms with Gasteiger partial charge in [0.25, 0.3) is 0 Å². The molecule has 1 N–H and O–H groups in total. The molecule has 298 valence electrons. The first-order valence-corrected chi connectivity index (χ1v) is 17.5. The van der Waals surface area contributed by atoms with E-state index in [1.54, 1.807) is 43.4 Å². The first kappa shape index (κ1) is 42.9. The van der Waals surface area contributed by atoms with Crippen molar-refractivity contribution >= 4 is 17.3 Å². The van der Waals surface area contributed by atoms with Crippen LogP contribution in [0, 0.1) is 6.92 Å². The molecule has 56 heavy (non-hydrogen) atoms. The highest BCUT2D eigenvalue weighted by Gasteiger charge is 2.30. The van der Waals surface area contributed by atoms with Gasteiger partial charge in [-0.3, -0.25) is 4.79 Å². The van der Waals surface area contributed by atoms with E-state index in [9.17, 15) is 31.1 Å². The lowest BCUT2D eigenvalue weighted by Crippen LogP contribution is -2.34. The fourth-order valence-corrected chi connectivity index (χ4v) is 5.63. The average Bonchev–Trinajstić information content (AvgIpc) is 3.18. The summed E-state index contributed by atoms with van der Waals surface area (Å²) >= 11 is 0. The van der Waals surface area contributed by atoms with Crippen LogP contribution in [-0.2, 0) is 36.4 Å². The molecule has 0 aliphatic rings. The van der Waals surface area contributed by atoms with Crippen LogP contribution >= 0.6 is 0 Å². The number of benzene rings is 5. The van der Waals surface area contributed by atoms with E-state index in [4.69, 9.17) is 18.9 Å². The van der Waals surface area contributed by atoms with E-state index in [2.05, 4.69) is 5.32 Å². The maximum absolute atomic E-state index is 13.3. The lowest BCUT2D eigenvalue weighted by atomic mass is 10.1. The van der Waals surface area contributed by atoms with Crippen molar-refractivity contribution in [2.45, 2.75) is 38.5 Å². The largest absolute Gasteiger partial charge is 0.493 e. The van der Waals surface area contributed by atoms with Gasteiger partial charge in [-0.15, -0.1) is 0 Å². The molecule has 0 radical (unpaired) electrons. The number of carbonyl (C=O) groups excluding carboxylic acids is 1. The molecule has 5 aromatic carbocycles. The zero-order chi connectivity index (χ0) is 40.9. The molecule has 0 saturated heterocycles. The van der Waals surface area contributed by atoms with Gasteiger partial charge in [0.1, 0.15) is 0 Å². The Morgan fingerprint density at radius 2 is 1.04 bits per heavy atom. The minimum Gasteiger partial charge on any atom is -0.493 e. The van der Waals surface area contributed by atoms with Gasteiger partial charge in [0.05, 0.1) is 46.0 Å². The van der Waals surface area contributed by atoms with Crippen molar-refractivity contribution in [2.75, 3.05) is 51.7 Å². The van der Waals surface area contributed by atoms with Gasteiger partial charge in [-0.25, -0.2) is 0 Å². The van der Waals surface area contributed by atoms with Crippen LogP contribution in [0.15, 0.2) is 109 Å². The third kappa shape index (κ3) is 12.3. The normalized spacial score (nSPS) is 11.2. The van der Waals surface area contributed by atoms with Crippen molar-refractivity contribution in [1.29, 1.82) is 0 Å². The van der Waals surface area contributed by atoms with E-state index in [0.717, 1.165) is 46.6 Å². The molecule has 0 atom stereocenters. The van der Waals surface area contributed by atoms with Crippen molar-refractivity contribution in [3.05, 3.63) is 143 Å². The lowest BCUT2D eigenvalue weighted by Gasteiger charge is -2.24. The number of nitrogens with one attached hydrogen (secondary N) is 1. The molecule has 13 heteroatoms. The van der Waals surface area contributed by atoms with Gasteiger partial charge in [0.2, 0.25) is 5.91 Å². The molecule has 0 aliphatic carbocycles. The number of hydrogen-bond acceptors (Lipinski definition) is 6. The van der Waals surface area contributed by atoms with Gasteiger partial charge in [0.15, 0.2) is 23.0 Å². The van der Waals surface area contributed by atoms with Crippen molar-refractivity contribution in [2.24, 2.45) is 0 Å². The Morgan fingerprint density at radius 3 is 1.54 bits per heavy atom. The van der Waals surface area contributed by atoms with Gasteiger partial charge in [0, 0.05) is 36.6 Å². The van der Waals surface area contributed by atoms with E-state index < -0.39 is 23.5 Å². The second kappa shape index (κ2) is 19.7. The number of nitrogens with zero attached hydrogens (tertiary/aromatic N) is 1. The maximum Gasteiger partial charge on any atom is 0.416 e. The molecule has 0 aliphatic heterocycles. The van der Waals surface area contributed by atoms with Crippen LogP contribution in [0.1, 0.15) is 33.4 Å². The fourth-order valence-electron chi connectivity index (χ4n) is 5.63. The smallest absolute Gasteiger partial charge is 0.416 e. The number of alkyl halides is 6. The first-order valence-electron chi connectivity index (χ1n) is 17.5. The quantitative estimate of drug-likeness (QED) is 0.113.